The first-order chi connectivity index (χ1) is 9.20. The van der Waals surface area contributed by atoms with Gasteiger partial charge in [-0.3, -0.25) is 4.79 Å². The molecular weight excluding hydrogens is 240 g/mol. The van der Waals surface area contributed by atoms with Crippen LogP contribution in [0.15, 0.2) is 6.07 Å². The first-order valence-corrected chi connectivity index (χ1v) is 7.14. The van der Waals surface area contributed by atoms with Crippen LogP contribution in [0.4, 0.5) is 5.95 Å². The lowest BCUT2D eigenvalue weighted by Crippen LogP contribution is -2.27. The van der Waals surface area contributed by atoms with Gasteiger partial charge in [-0.1, -0.05) is 12.8 Å². The summed E-state index contributed by atoms with van der Waals surface area (Å²) < 4.78 is 0. The Bertz CT molecular complexity index is 478. The van der Waals surface area contributed by atoms with Crippen molar-refractivity contribution in [1.29, 1.82) is 0 Å². The summed E-state index contributed by atoms with van der Waals surface area (Å²) in [5.41, 5.74) is 1.30. The zero-order valence-electron chi connectivity index (χ0n) is 11.3. The summed E-state index contributed by atoms with van der Waals surface area (Å²) in [6.07, 6.45) is 7.03. The highest BCUT2D eigenvalue weighted by molar-refractivity contribution is 5.93. The summed E-state index contributed by atoms with van der Waals surface area (Å²) in [5.74, 6) is 0.510. The molecular formula is C14H20N4O. The molecule has 1 heterocycles. The van der Waals surface area contributed by atoms with Crippen LogP contribution in [-0.4, -0.2) is 28.0 Å². The number of amides is 1. The Morgan fingerprint density at radius 2 is 1.89 bits per heavy atom. The van der Waals surface area contributed by atoms with E-state index in [1.807, 2.05) is 6.92 Å². The molecule has 5 nitrogen and oxygen atoms in total. The SMILES string of the molecule is Cc1cc(C(=O)NC2CC2)nc(NC2CCCC2)n1. The van der Waals surface area contributed by atoms with E-state index in [9.17, 15) is 4.79 Å². The van der Waals surface area contributed by atoms with Gasteiger partial charge in [0.05, 0.1) is 0 Å². The van der Waals surface area contributed by atoms with Crippen LogP contribution in [-0.2, 0) is 0 Å². The standard InChI is InChI=1S/C14H20N4O/c1-9-8-12(13(19)16-11-6-7-11)18-14(15-9)17-10-4-2-3-5-10/h8,10-11H,2-7H2,1H3,(H,16,19)(H,15,17,18). The maximum atomic E-state index is 12.0. The summed E-state index contributed by atoms with van der Waals surface area (Å²) in [7, 11) is 0. The second-order valence-electron chi connectivity index (χ2n) is 5.59. The summed E-state index contributed by atoms with van der Waals surface area (Å²) in [4.78, 5) is 20.7. The van der Waals surface area contributed by atoms with Gasteiger partial charge in [-0.15, -0.1) is 0 Å². The van der Waals surface area contributed by atoms with Crippen LogP contribution in [0.5, 0.6) is 0 Å². The molecule has 0 unspecified atom stereocenters. The number of nitrogens with zero attached hydrogens (tertiary/aromatic N) is 2. The zero-order valence-corrected chi connectivity index (χ0v) is 11.3. The molecule has 5 heteroatoms. The van der Waals surface area contributed by atoms with Crippen molar-refractivity contribution >= 4 is 11.9 Å². The molecule has 2 N–H and O–H groups in total. The normalized spacial score (nSPS) is 19.4. The number of carbonyl (C=O) groups is 1. The van der Waals surface area contributed by atoms with Crippen LogP contribution in [0.2, 0.25) is 0 Å². The number of hydrogen-bond acceptors (Lipinski definition) is 4. The van der Waals surface area contributed by atoms with E-state index in [0.29, 0.717) is 23.7 Å². The first-order valence-electron chi connectivity index (χ1n) is 7.14. The number of anilines is 1. The van der Waals surface area contributed by atoms with Crippen molar-refractivity contribution < 1.29 is 4.79 Å². The molecule has 0 atom stereocenters. The number of rotatable bonds is 4. The summed E-state index contributed by atoms with van der Waals surface area (Å²) >= 11 is 0. The molecule has 0 bridgehead atoms. The maximum absolute atomic E-state index is 12.0. The van der Waals surface area contributed by atoms with Crippen molar-refractivity contribution in [3.63, 3.8) is 0 Å². The molecule has 0 aromatic carbocycles. The smallest absolute Gasteiger partial charge is 0.270 e. The minimum Gasteiger partial charge on any atom is -0.351 e. The minimum atomic E-state index is -0.0810. The van der Waals surface area contributed by atoms with E-state index < -0.39 is 0 Å². The quantitative estimate of drug-likeness (QED) is 0.869. The third-order valence-electron chi connectivity index (χ3n) is 3.69. The predicted molar refractivity (Wildman–Crippen MR) is 73.1 cm³/mol. The second kappa shape index (κ2) is 5.15. The molecule has 0 radical (unpaired) electrons. The summed E-state index contributed by atoms with van der Waals surface area (Å²) in [6, 6.07) is 2.56. The number of carbonyl (C=O) groups excluding carboxylic acids is 1. The van der Waals surface area contributed by atoms with E-state index in [4.69, 9.17) is 0 Å². The lowest BCUT2D eigenvalue weighted by atomic mass is 10.2. The average molecular weight is 260 g/mol. The van der Waals surface area contributed by atoms with Gasteiger partial charge in [0.15, 0.2) is 0 Å². The van der Waals surface area contributed by atoms with Crippen molar-refractivity contribution in [2.24, 2.45) is 0 Å². The third kappa shape index (κ3) is 3.22. The van der Waals surface area contributed by atoms with Crippen molar-refractivity contribution in [1.82, 2.24) is 15.3 Å². The Labute approximate surface area is 113 Å². The van der Waals surface area contributed by atoms with E-state index in [0.717, 1.165) is 18.5 Å². The fourth-order valence-corrected chi connectivity index (χ4v) is 2.49. The van der Waals surface area contributed by atoms with E-state index in [-0.39, 0.29) is 5.91 Å². The summed E-state index contributed by atoms with van der Waals surface area (Å²) in [5, 5.41) is 6.30. The van der Waals surface area contributed by atoms with Crippen molar-refractivity contribution in [3.05, 3.63) is 17.5 Å². The van der Waals surface area contributed by atoms with Crippen LogP contribution in [0.1, 0.15) is 54.7 Å². The molecule has 0 aliphatic heterocycles. The molecule has 2 saturated carbocycles. The number of aryl methyl sites for hydroxylation is 1. The molecule has 0 saturated heterocycles. The van der Waals surface area contributed by atoms with Crippen LogP contribution < -0.4 is 10.6 Å². The Hall–Kier alpha value is -1.65. The third-order valence-corrected chi connectivity index (χ3v) is 3.69. The minimum absolute atomic E-state index is 0.0810. The average Bonchev–Trinajstić information content (AvgIpc) is 3.03. The number of hydrogen-bond donors (Lipinski definition) is 2. The second-order valence-corrected chi connectivity index (χ2v) is 5.59. The molecule has 0 spiro atoms. The number of aromatic nitrogens is 2. The van der Waals surface area contributed by atoms with Crippen molar-refractivity contribution in [3.8, 4) is 0 Å². The molecule has 102 valence electrons. The Morgan fingerprint density at radius 1 is 1.16 bits per heavy atom. The van der Waals surface area contributed by atoms with E-state index in [1.54, 1.807) is 6.07 Å². The molecule has 1 aromatic rings. The van der Waals surface area contributed by atoms with Gasteiger partial charge in [-0.2, -0.15) is 0 Å². The Kier molecular flexibility index (Phi) is 3.36. The number of nitrogens with one attached hydrogen (secondary N) is 2. The lowest BCUT2D eigenvalue weighted by Gasteiger charge is -2.13. The maximum Gasteiger partial charge on any atom is 0.270 e. The molecule has 1 aromatic heterocycles. The van der Waals surface area contributed by atoms with Crippen LogP contribution >= 0.6 is 0 Å². The van der Waals surface area contributed by atoms with Crippen molar-refractivity contribution in [2.45, 2.75) is 57.5 Å². The zero-order chi connectivity index (χ0) is 13.2. The van der Waals surface area contributed by atoms with Crippen LogP contribution in [0.25, 0.3) is 0 Å². The largest absolute Gasteiger partial charge is 0.351 e. The molecule has 2 aliphatic carbocycles. The van der Waals surface area contributed by atoms with Gasteiger partial charge in [0.25, 0.3) is 5.91 Å². The van der Waals surface area contributed by atoms with Crippen LogP contribution in [0.3, 0.4) is 0 Å². The highest BCUT2D eigenvalue weighted by Crippen LogP contribution is 2.21. The molecule has 2 aliphatic rings. The van der Waals surface area contributed by atoms with Crippen LogP contribution in [0, 0.1) is 6.92 Å². The summed E-state index contributed by atoms with van der Waals surface area (Å²) in [6.45, 7) is 1.90. The van der Waals surface area contributed by atoms with Gasteiger partial charge in [-0.05, 0) is 38.7 Å². The van der Waals surface area contributed by atoms with Gasteiger partial charge in [0, 0.05) is 17.8 Å². The Morgan fingerprint density at radius 3 is 2.58 bits per heavy atom. The molecule has 1 amide bonds. The lowest BCUT2D eigenvalue weighted by molar-refractivity contribution is 0.0946. The van der Waals surface area contributed by atoms with E-state index >= 15 is 0 Å². The van der Waals surface area contributed by atoms with Gasteiger partial charge in [0.1, 0.15) is 5.69 Å². The molecule has 19 heavy (non-hydrogen) atoms. The van der Waals surface area contributed by atoms with Gasteiger partial charge in [-0.25, -0.2) is 9.97 Å². The van der Waals surface area contributed by atoms with E-state index in [1.165, 1.54) is 25.7 Å². The van der Waals surface area contributed by atoms with Crippen molar-refractivity contribution in [2.75, 3.05) is 5.32 Å². The highest BCUT2D eigenvalue weighted by atomic mass is 16.2. The Balaban J connectivity index is 1.72. The van der Waals surface area contributed by atoms with Gasteiger partial charge in [0.2, 0.25) is 5.95 Å². The topological polar surface area (TPSA) is 66.9 Å². The molecule has 3 rings (SSSR count). The fraction of sp³-hybridized carbons (Fsp3) is 0.643. The van der Waals surface area contributed by atoms with E-state index in [2.05, 4.69) is 20.6 Å². The predicted octanol–water partition coefficient (Wildman–Crippen LogP) is 2.03. The first kappa shape index (κ1) is 12.4. The van der Waals surface area contributed by atoms with Gasteiger partial charge >= 0.3 is 0 Å². The van der Waals surface area contributed by atoms with Gasteiger partial charge < -0.3 is 10.6 Å². The molecule has 2 fully saturated rings. The fourth-order valence-electron chi connectivity index (χ4n) is 2.49. The monoisotopic (exact) mass is 260 g/mol. The highest BCUT2D eigenvalue weighted by Gasteiger charge is 2.25.